The van der Waals surface area contributed by atoms with Crippen molar-refractivity contribution in [2.24, 2.45) is 0 Å². The maximum Gasteiger partial charge on any atom is 0.171 e. The zero-order valence-electron chi connectivity index (χ0n) is 27.1. The molecule has 0 unspecified atom stereocenters. The van der Waals surface area contributed by atoms with Crippen molar-refractivity contribution < 1.29 is 4.57 Å². The molecule has 8 aromatic carbocycles. The van der Waals surface area contributed by atoms with E-state index >= 15 is 4.57 Å². The Morgan fingerprint density at radius 3 is 1.38 bits per heavy atom. The molecule has 0 aliphatic rings. The molecular weight excluding hydrogens is 627 g/mol. The quantitative estimate of drug-likeness (QED) is 0.169. The van der Waals surface area contributed by atoms with E-state index in [1.807, 2.05) is 60.7 Å². The minimum Gasteiger partial charge on any atom is -0.309 e. The summed E-state index contributed by atoms with van der Waals surface area (Å²) in [6, 6.07) is 65.4. The van der Waals surface area contributed by atoms with Crippen LogP contribution in [-0.4, -0.2) is 9.13 Å². The van der Waals surface area contributed by atoms with E-state index in [-0.39, 0.29) is 0 Å². The normalized spacial score (nSPS) is 12.1. The number of nitrogens with zero attached hydrogens (tertiary/aromatic N) is 2. The van der Waals surface area contributed by atoms with Gasteiger partial charge in [0.15, 0.2) is 7.14 Å². The molecule has 0 amide bonds. The molecule has 0 atom stereocenters. The highest BCUT2D eigenvalue weighted by molar-refractivity contribution is 7.85. The highest BCUT2D eigenvalue weighted by atomic mass is 31.2. The Hall–Kier alpha value is -6.15. The lowest BCUT2D eigenvalue weighted by Crippen LogP contribution is -2.24. The van der Waals surface area contributed by atoms with Crippen molar-refractivity contribution in [2.75, 3.05) is 0 Å². The molecule has 0 spiro atoms. The molecule has 4 heteroatoms. The number of fused-ring (bicyclic) bond motifs is 8. The average molecular weight is 659 g/mol. The second-order valence-electron chi connectivity index (χ2n) is 12.9. The van der Waals surface area contributed by atoms with Crippen LogP contribution >= 0.6 is 7.14 Å². The number of rotatable bonds is 5. The number of aromatic nitrogens is 2. The second-order valence-corrected chi connectivity index (χ2v) is 15.7. The second kappa shape index (κ2) is 11.2. The minimum atomic E-state index is -3.09. The number of hydrogen-bond donors (Lipinski definition) is 0. The van der Waals surface area contributed by atoms with Crippen LogP contribution in [0.15, 0.2) is 188 Å². The summed E-state index contributed by atoms with van der Waals surface area (Å²) < 4.78 is 20.0. The predicted molar refractivity (Wildman–Crippen MR) is 212 cm³/mol. The lowest BCUT2D eigenvalue weighted by Gasteiger charge is -2.20. The summed E-state index contributed by atoms with van der Waals surface area (Å²) in [5, 5.41) is 9.56. The molecule has 10 aromatic rings. The van der Waals surface area contributed by atoms with Crippen LogP contribution in [0.2, 0.25) is 0 Å². The summed E-state index contributed by atoms with van der Waals surface area (Å²) in [7, 11) is -3.09. The van der Waals surface area contributed by atoms with Gasteiger partial charge in [-0.3, -0.25) is 0 Å². The Kier molecular flexibility index (Phi) is 6.46. The molecule has 2 heterocycles. The van der Waals surface area contributed by atoms with Gasteiger partial charge in [0, 0.05) is 48.8 Å². The lowest BCUT2D eigenvalue weighted by atomic mass is 10.1. The first-order valence-electron chi connectivity index (χ1n) is 17.0. The van der Waals surface area contributed by atoms with Crippen LogP contribution in [-0.2, 0) is 4.57 Å². The van der Waals surface area contributed by atoms with E-state index in [2.05, 4.69) is 137 Å². The first-order chi connectivity index (χ1) is 24.7. The summed E-state index contributed by atoms with van der Waals surface area (Å²) >= 11 is 0. The fourth-order valence-electron chi connectivity index (χ4n) is 7.89. The number of para-hydroxylation sites is 3. The largest absolute Gasteiger partial charge is 0.309 e. The molecule has 0 N–H and O–H groups in total. The van der Waals surface area contributed by atoms with Crippen LogP contribution in [0.3, 0.4) is 0 Å². The van der Waals surface area contributed by atoms with E-state index in [4.69, 9.17) is 0 Å². The SMILES string of the molecule is O=P(c1ccccc1)(c1ccccc1)c1ccc2cc(-n3c4ccccc4c4ccc5c6ccccc6n(-c6ccccc6)c5c43)ccc2c1. The van der Waals surface area contributed by atoms with Gasteiger partial charge in [0.2, 0.25) is 0 Å². The highest BCUT2D eigenvalue weighted by Gasteiger charge is 2.30. The molecule has 0 saturated heterocycles. The van der Waals surface area contributed by atoms with Crippen LogP contribution in [0.25, 0.3) is 65.8 Å². The van der Waals surface area contributed by atoms with Gasteiger partial charge in [0.05, 0.1) is 22.1 Å². The molecule has 0 aliphatic carbocycles. The zero-order valence-corrected chi connectivity index (χ0v) is 28.0. The highest BCUT2D eigenvalue weighted by Crippen LogP contribution is 2.44. The minimum absolute atomic E-state index is 0.834. The monoisotopic (exact) mass is 658 g/mol. The fourth-order valence-corrected chi connectivity index (χ4v) is 10.6. The number of hydrogen-bond acceptors (Lipinski definition) is 1. The topological polar surface area (TPSA) is 26.9 Å². The van der Waals surface area contributed by atoms with E-state index in [1.54, 1.807) is 0 Å². The Balaban J connectivity index is 1.24. The van der Waals surface area contributed by atoms with Crippen molar-refractivity contribution >= 4 is 77.4 Å². The van der Waals surface area contributed by atoms with Gasteiger partial charge < -0.3 is 13.7 Å². The van der Waals surface area contributed by atoms with Gasteiger partial charge in [-0.05, 0) is 53.2 Å². The van der Waals surface area contributed by atoms with Gasteiger partial charge in [-0.2, -0.15) is 0 Å². The maximum absolute atomic E-state index is 15.1. The third-order valence-corrected chi connectivity index (χ3v) is 13.2. The Morgan fingerprint density at radius 2 is 0.800 bits per heavy atom. The van der Waals surface area contributed by atoms with E-state index in [0.717, 1.165) is 43.6 Å². The predicted octanol–water partition coefficient (Wildman–Crippen LogP) is 10.7. The molecule has 3 nitrogen and oxygen atoms in total. The summed E-state index contributed by atoms with van der Waals surface area (Å²) in [6.45, 7) is 0. The maximum atomic E-state index is 15.1. The Bertz CT molecular complexity index is 2900. The van der Waals surface area contributed by atoms with Gasteiger partial charge in [0.25, 0.3) is 0 Å². The smallest absolute Gasteiger partial charge is 0.171 e. The summed E-state index contributed by atoms with van der Waals surface area (Å²) in [5.74, 6) is 0. The van der Waals surface area contributed by atoms with Crippen LogP contribution < -0.4 is 15.9 Å². The first-order valence-corrected chi connectivity index (χ1v) is 18.7. The summed E-state index contributed by atoms with van der Waals surface area (Å²) in [5.41, 5.74) is 6.93. The van der Waals surface area contributed by atoms with Crippen molar-refractivity contribution in [1.29, 1.82) is 0 Å². The zero-order chi connectivity index (χ0) is 33.2. The molecule has 2 aromatic heterocycles. The molecule has 0 aliphatic heterocycles. The summed E-state index contributed by atoms with van der Waals surface area (Å²) in [4.78, 5) is 0. The van der Waals surface area contributed by atoms with Gasteiger partial charge >= 0.3 is 0 Å². The van der Waals surface area contributed by atoms with Crippen molar-refractivity contribution in [3.8, 4) is 11.4 Å². The summed E-state index contributed by atoms with van der Waals surface area (Å²) in [6.07, 6.45) is 0. The van der Waals surface area contributed by atoms with Crippen molar-refractivity contribution in [2.45, 2.75) is 0 Å². The Labute approximate surface area is 289 Å². The molecule has 0 fully saturated rings. The molecule has 10 rings (SSSR count). The van der Waals surface area contributed by atoms with Crippen molar-refractivity contribution in [3.05, 3.63) is 188 Å². The standard InChI is InChI=1S/C46H31N2OP/c49-50(36-16-6-2-7-17-36,37-18-8-3-9-19-37)38-27-25-32-30-35(26-24-33(32)31-38)48-44-23-13-11-21-40(44)42-29-28-41-39-20-10-12-22-43(39)47(45(41)46(42)48)34-14-4-1-5-15-34/h1-31H. The number of benzene rings is 8. The van der Waals surface area contributed by atoms with Crippen molar-refractivity contribution in [1.82, 2.24) is 9.13 Å². The van der Waals surface area contributed by atoms with E-state index in [9.17, 15) is 0 Å². The lowest BCUT2D eigenvalue weighted by molar-refractivity contribution is 0.592. The third-order valence-electron chi connectivity index (χ3n) is 10.2. The van der Waals surface area contributed by atoms with Crippen LogP contribution in [0.1, 0.15) is 0 Å². The third kappa shape index (κ3) is 4.21. The average Bonchev–Trinajstić information content (AvgIpc) is 3.71. The van der Waals surface area contributed by atoms with E-state index < -0.39 is 7.14 Å². The van der Waals surface area contributed by atoms with E-state index in [1.165, 1.54) is 38.1 Å². The first kappa shape index (κ1) is 28.8. The molecular formula is C46H31N2OP. The molecule has 50 heavy (non-hydrogen) atoms. The van der Waals surface area contributed by atoms with Gasteiger partial charge in [-0.25, -0.2) is 0 Å². The molecule has 236 valence electrons. The van der Waals surface area contributed by atoms with E-state index in [0.29, 0.717) is 0 Å². The van der Waals surface area contributed by atoms with Gasteiger partial charge in [-0.15, -0.1) is 0 Å². The van der Waals surface area contributed by atoms with Crippen molar-refractivity contribution in [3.63, 3.8) is 0 Å². The van der Waals surface area contributed by atoms with Gasteiger partial charge in [-0.1, -0.05) is 146 Å². The molecule has 0 saturated carbocycles. The van der Waals surface area contributed by atoms with Crippen LogP contribution in [0, 0.1) is 0 Å². The van der Waals surface area contributed by atoms with Crippen LogP contribution in [0.5, 0.6) is 0 Å². The molecule has 0 bridgehead atoms. The van der Waals surface area contributed by atoms with Crippen LogP contribution in [0.4, 0.5) is 0 Å². The molecule has 0 radical (unpaired) electrons. The fraction of sp³-hybridized carbons (Fsp3) is 0. The Morgan fingerprint density at radius 1 is 0.340 bits per heavy atom. The van der Waals surface area contributed by atoms with Gasteiger partial charge in [0.1, 0.15) is 0 Å².